The number of benzene rings is 4. The lowest BCUT2D eigenvalue weighted by Gasteiger charge is -2.11. The van der Waals surface area contributed by atoms with Crippen LogP contribution in [0.4, 0.5) is 11.4 Å². The average molecular weight is 660 g/mol. The van der Waals surface area contributed by atoms with E-state index in [2.05, 4.69) is 25.4 Å². The number of rotatable bonds is 8. The van der Waals surface area contributed by atoms with E-state index in [9.17, 15) is 26.4 Å². The summed E-state index contributed by atoms with van der Waals surface area (Å²) in [5.41, 5.74) is 1.26. The van der Waals surface area contributed by atoms with E-state index in [1.165, 1.54) is 38.1 Å². The molecule has 0 spiro atoms. The van der Waals surface area contributed by atoms with Gasteiger partial charge in [0.25, 0.3) is 20.0 Å². The third-order valence-electron chi connectivity index (χ3n) is 5.28. The zero-order valence-electron chi connectivity index (χ0n) is 23.0. The second kappa shape index (κ2) is 15.3. The van der Waals surface area contributed by atoms with Gasteiger partial charge in [0, 0.05) is 15.6 Å². The van der Waals surface area contributed by atoms with Crippen molar-refractivity contribution in [2.75, 3.05) is 9.44 Å². The lowest BCUT2D eigenvalue weighted by molar-refractivity contribution is 0.101. The molecule has 0 heterocycles. The summed E-state index contributed by atoms with van der Waals surface area (Å²) in [6, 6.07) is 27.3. The summed E-state index contributed by atoms with van der Waals surface area (Å²) >= 11 is 3.25. The fourth-order valence-electron chi connectivity index (χ4n) is 3.38. The summed E-state index contributed by atoms with van der Waals surface area (Å²) in [4.78, 5) is 23.2. The zero-order chi connectivity index (χ0) is 30.6. The van der Waals surface area contributed by atoms with E-state index >= 15 is 0 Å². The Hall–Kier alpha value is -3.80. The first-order valence-corrected chi connectivity index (χ1v) is 16.2. The first kappa shape index (κ1) is 33.4. The van der Waals surface area contributed by atoms with Crippen molar-refractivity contribution in [3.05, 3.63) is 119 Å². The summed E-state index contributed by atoms with van der Waals surface area (Å²) in [6.45, 7) is 6.79. The summed E-state index contributed by atoms with van der Waals surface area (Å²) in [7, 11) is -7.38. The third-order valence-corrected chi connectivity index (χ3v) is 8.57. The number of carbonyl (C=O) groups is 2. The van der Waals surface area contributed by atoms with Crippen LogP contribution >= 0.6 is 15.9 Å². The molecule has 0 fully saturated rings. The van der Waals surface area contributed by atoms with Gasteiger partial charge >= 0.3 is 0 Å². The molecule has 0 amide bonds. The predicted octanol–water partition coefficient (Wildman–Crippen LogP) is 7.17. The van der Waals surface area contributed by atoms with Crippen molar-refractivity contribution < 1.29 is 26.4 Å². The number of nitrogens with one attached hydrogen (secondary N) is 2. The number of Topliss-reactive ketones (excluding diaryl/α,β-unsaturated/α-hetero) is 2. The van der Waals surface area contributed by atoms with E-state index in [-0.39, 0.29) is 27.0 Å². The number of hydrogen-bond acceptors (Lipinski definition) is 6. The average Bonchev–Trinajstić information content (AvgIpc) is 2.95. The van der Waals surface area contributed by atoms with Crippen molar-refractivity contribution in [3.8, 4) is 0 Å². The molecule has 0 saturated heterocycles. The van der Waals surface area contributed by atoms with Gasteiger partial charge in [0.2, 0.25) is 0 Å². The zero-order valence-corrected chi connectivity index (χ0v) is 26.2. The van der Waals surface area contributed by atoms with Gasteiger partial charge in [0.15, 0.2) is 11.6 Å². The second-order valence-corrected chi connectivity index (χ2v) is 12.5. The van der Waals surface area contributed by atoms with E-state index in [4.69, 9.17) is 0 Å². The smallest absolute Gasteiger partial charge is 0.261 e. The van der Waals surface area contributed by atoms with Crippen LogP contribution in [0.15, 0.2) is 117 Å². The van der Waals surface area contributed by atoms with E-state index in [1.54, 1.807) is 78.9 Å². The van der Waals surface area contributed by atoms with E-state index in [0.717, 1.165) is 4.47 Å². The van der Waals surface area contributed by atoms with Crippen LogP contribution in [0.5, 0.6) is 0 Å². The van der Waals surface area contributed by atoms with Crippen LogP contribution in [0.1, 0.15) is 48.4 Å². The first-order valence-electron chi connectivity index (χ1n) is 12.5. The molecule has 0 aromatic heterocycles. The molecule has 11 heteroatoms. The molecule has 0 radical (unpaired) electrons. The van der Waals surface area contributed by atoms with Gasteiger partial charge in [-0.05, 0) is 74.5 Å². The summed E-state index contributed by atoms with van der Waals surface area (Å²) in [6.07, 6.45) is 0. The van der Waals surface area contributed by atoms with Gasteiger partial charge in [-0.1, -0.05) is 72.2 Å². The van der Waals surface area contributed by atoms with Crippen LogP contribution in [-0.4, -0.2) is 28.4 Å². The standard InChI is InChI=1S/C14H12BrNO3S.C14H13NO3S.C2H6/c1-10(17)13-4-2-3-5-14(13)16-20(18,19)12-8-6-11(15)7-9-12;1-11(16)13-9-5-6-10-14(13)15-19(17,18)12-7-3-2-4-8-12;1-2/h2-9,16H,1H3;2-10,15H,1H3;1-2H3. The molecule has 4 rings (SSSR count). The van der Waals surface area contributed by atoms with Crippen molar-refractivity contribution in [1.29, 1.82) is 0 Å². The Morgan fingerprint density at radius 2 is 0.878 bits per heavy atom. The fourth-order valence-corrected chi connectivity index (χ4v) is 5.82. The molecular weight excluding hydrogens is 628 g/mol. The summed E-state index contributed by atoms with van der Waals surface area (Å²) < 4.78 is 54.5. The highest BCUT2D eigenvalue weighted by molar-refractivity contribution is 9.10. The van der Waals surface area contributed by atoms with Gasteiger partial charge in [-0.15, -0.1) is 0 Å². The van der Waals surface area contributed by atoms with Crippen molar-refractivity contribution >= 4 is 58.9 Å². The Bertz CT molecular complexity index is 1690. The largest absolute Gasteiger partial charge is 0.294 e. The van der Waals surface area contributed by atoms with Crippen molar-refractivity contribution in [2.45, 2.75) is 37.5 Å². The lowest BCUT2D eigenvalue weighted by atomic mass is 10.1. The molecule has 41 heavy (non-hydrogen) atoms. The molecule has 0 saturated carbocycles. The van der Waals surface area contributed by atoms with Crippen molar-refractivity contribution in [2.24, 2.45) is 0 Å². The second-order valence-electron chi connectivity index (χ2n) is 8.18. The molecule has 0 aliphatic carbocycles. The van der Waals surface area contributed by atoms with Crippen molar-refractivity contribution in [3.63, 3.8) is 0 Å². The lowest BCUT2D eigenvalue weighted by Crippen LogP contribution is -2.15. The molecule has 0 unspecified atom stereocenters. The number of hydrogen-bond donors (Lipinski definition) is 2. The molecule has 0 aliphatic rings. The first-order chi connectivity index (χ1) is 19.4. The van der Waals surface area contributed by atoms with Gasteiger partial charge in [0.05, 0.1) is 21.2 Å². The SMILES string of the molecule is CC.CC(=O)c1ccccc1NS(=O)(=O)c1ccc(Br)cc1.CC(=O)c1ccccc1NS(=O)(=O)c1ccccc1. The molecule has 216 valence electrons. The van der Waals surface area contributed by atoms with E-state index < -0.39 is 20.0 Å². The molecule has 0 bridgehead atoms. The Balaban J connectivity index is 0.000000271. The van der Waals surface area contributed by atoms with Gasteiger partial charge < -0.3 is 0 Å². The molecule has 4 aromatic rings. The van der Waals surface area contributed by atoms with Crippen LogP contribution in [-0.2, 0) is 20.0 Å². The van der Waals surface area contributed by atoms with Crippen LogP contribution < -0.4 is 9.44 Å². The highest BCUT2D eigenvalue weighted by Gasteiger charge is 2.18. The van der Waals surface area contributed by atoms with E-state index in [0.29, 0.717) is 16.8 Å². The third kappa shape index (κ3) is 9.66. The quantitative estimate of drug-likeness (QED) is 0.193. The molecule has 0 aliphatic heterocycles. The van der Waals surface area contributed by atoms with Crippen molar-refractivity contribution in [1.82, 2.24) is 0 Å². The minimum Gasteiger partial charge on any atom is -0.294 e. The summed E-state index contributed by atoms with van der Waals surface area (Å²) in [5, 5.41) is 0. The van der Waals surface area contributed by atoms with Crippen LogP contribution in [0, 0.1) is 0 Å². The number of carbonyl (C=O) groups excluding carboxylic acids is 2. The fraction of sp³-hybridized carbons (Fsp3) is 0.133. The van der Waals surface area contributed by atoms with Gasteiger partial charge in [-0.25, -0.2) is 16.8 Å². The number of para-hydroxylation sites is 2. The maximum atomic E-state index is 12.2. The van der Waals surface area contributed by atoms with Gasteiger partial charge in [-0.2, -0.15) is 0 Å². The topological polar surface area (TPSA) is 126 Å². The summed E-state index contributed by atoms with van der Waals surface area (Å²) in [5.74, 6) is -0.384. The molecule has 4 aromatic carbocycles. The number of sulfonamides is 2. The Labute approximate surface area is 250 Å². The maximum absolute atomic E-state index is 12.2. The Morgan fingerprint density at radius 3 is 1.27 bits per heavy atom. The number of halogens is 1. The number of anilines is 2. The molecule has 0 atom stereocenters. The minimum absolute atomic E-state index is 0.138. The molecular formula is C30H31BrN2O6S2. The maximum Gasteiger partial charge on any atom is 0.261 e. The molecule has 8 nitrogen and oxygen atoms in total. The van der Waals surface area contributed by atoms with Gasteiger partial charge in [0.1, 0.15) is 0 Å². The Kier molecular flexibility index (Phi) is 12.4. The van der Waals surface area contributed by atoms with Crippen LogP contribution in [0.3, 0.4) is 0 Å². The van der Waals surface area contributed by atoms with Gasteiger partial charge in [-0.3, -0.25) is 19.0 Å². The monoisotopic (exact) mass is 658 g/mol. The predicted molar refractivity (Wildman–Crippen MR) is 166 cm³/mol. The normalized spacial score (nSPS) is 10.7. The van der Waals surface area contributed by atoms with Crippen LogP contribution in [0.2, 0.25) is 0 Å². The number of ketones is 2. The highest BCUT2D eigenvalue weighted by Crippen LogP contribution is 2.22. The highest BCUT2D eigenvalue weighted by atomic mass is 79.9. The van der Waals surface area contributed by atoms with Crippen LogP contribution in [0.25, 0.3) is 0 Å². The van der Waals surface area contributed by atoms with E-state index in [1.807, 2.05) is 13.8 Å². The Morgan fingerprint density at radius 1 is 0.537 bits per heavy atom. The minimum atomic E-state index is -3.71. The molecule has 2 N–H and O–H groups in total.